The Hall–Kier alpha value is -1.85. The predicted octanol–water partition coefficient (Wildman–Crippen LogP) is 0.107. The minimum atomic E-state index is -1.26. The summed E-state index contributed by atoms with van der Waals surface area (Å²) in [4.78, 5) is 23.7. The molecule has 6 heteroatoms. The second-order valence-electron chi connectivity index (χ2n) is 1.75. The van der Waals surface area contributed by atoms with E-state index < -0.39 is 12.1 Å². The van der Waals surface area contributed by atoms with E-state index in [1.165, 1.54) is 0 Å². The van der Waals surface area contributed by atoms with Gasteiger partial charge in [-0.1, -0.05) is 0 Å². The maximum absolute atomic E-state index is 10.2. The standard InChI is InChI=1S/C5H4N2O4/c8-4(9)3-1-7(2-6-3)5(10)11/h1-2H,(H,8,9)(H,10,11). The Morgan fingerprint density at radius 3 is 2.36 bits per heavy atom. The highest BCUT2D eigenvalue weighted by Crippen LogP contribution is 1.94. The molecule has 1 rings (SSSR count). The molecule has 0 aliphatic heterocycles. The van der Waals surface area contributed by atoms with Gasteiger partial charge in [-0.25, -0.2) is 19.1 Å². The molecule has 1 heterocycles. The average Bonchev–Trinajstić information content (AvgIpc) is 2.33. The number of hydrogen-bond acceptors (Lipinski definition) is 3. The van der Waals surface area contributed by atoms with E-state index >= 15 is 0 Å². The van der Waals surface area contributed by atoms with Gasteiger partial charge in [0, 0.05) is 6.20 Å². The van der Waals surface area contributed by atoms with Crippen molar-refractivity contribution in [2.24, 2.45) is 0 Å². The SMILES string of the molecule is O=C(O)c1cn(C(=O)O)cn1. The number of carbonyl (C=O) groups is 2. The second kappa shape index (κ2) is 2.41. The van der Waals surface area contributed by atoms with Crippen molar-refractivity contribution in [3.8, 4) is 0 Å². The lowest BCUT2D eigenvalue weighted by Gasteiger charge is -1.86. The van der Waals surface area contributed by atoms with Crippen LogP contribution < -0.4 is 0 Å². The van der Waals surface area contributed by atoms with Gasteiger partial charge >= 0.3 is 12.1 Å². The Labute approximate surface area is 60.7 Å². The molecule has 11 heavy (non-hydrogen) atoms. The molecule has 0 bridgehead atoms. The fraction of sp³-hybridized carbons (Fsp3) is 0. The van der Waals surface area contributed by atoms with Crippen molar-refractivity contribution >= 4 is 12.1 Å². The first-order valence-corrected chi connectivity index (χ1v) is 2.62. The highest BCUT2D eigenvalue weighted by Gasteiger charge is 2.08. The zero-order chi connectivity index (χ0) is 8.43. The van der Waals surface area contributed by atoms with Crippen LogP contribution in [0.1, 0.15) is 10.5 Å². The van der Waals surface area contributed by atoms with Crippen molar-refractivity contribution in [1.29, 1.82) is 0 Å². The zero-order valence-electron chi connectivity index (χ0n) is 5.26. The van der Waals surface area contributed by atoms with E-state index in [2.05, 4.69) is 4.98 Å². The van der Waals surface area contributed by atoms with Gasteiger partial charge in [-0.2, -0.15) is 0 Å². The van der Waals surface area contributed by atoms with Crippen molar-refractivity contribution in [2.75, 3.05) is 0 Å². The third-order valence-electron chi connectivity index (χ3n) is 1.02. The molecule has 0 spiro atoms. The fourth-order valence-corrected chi connectivity index (χ4v) is 0.538. The van der Waals surface area contributed by atoms with E-state index in [1.807, 2.05) is 0 Å². The lowest BCUT2D eigenvalue weighted by Crippen LogP contribution is -2.04. The summed E-state index contributed by atoms with van der Waals surface area (Å²) in [5.41, 5.74) is -0.285. The third kappa shape index (κ3) is 1.34. The Morgan fingerprint density at radius 2 is 2.09 bits per heavy atom. The lowest BCUT2D eigenvalue weighted by molar-refractivity contribution is 0.0691. The van der Waals surface area contributed by atoms with E-state index in [9.17, 15) is 9.59 Å². The van der Waals surface area contributed by atoms with Gasteiger partial charge in [-0.15, -0.1) is 0 Å². The Bertz CT molecular complexity index is 275. The van der Waals surface area contributed by atoms with Crippen molar-refractivity contribution in [2.45, 2.75) is 0 Å². The fourth-order valence-electron chi connectivity index (χ4n) is 0.538. The van der Waals surface area contributed by atoms with E-state index in [-0.39, 0.29) is 5.69 Å². The summed E-state index contributed by atoms with van der Waals surface area (Å²) < 4.78 is 0.670. The van der Waals surface area contributed by atoms with Crippen LogP contribution >= 0.6 is 0 Å². The van der Waals surface area contributed by atoms with Gasteiger partial charge in [-0.05, 0) is 0 Å². The van der Waals surface area contributed by atoms with Crippen LogP contribution in [0, 0.1) is 0 Å². The maximum atomic E-state index is 10.2. The Balaban J connectivity index is 2.99. The molecule has 58 valence electrons. The molecular formula is C5H4N2O4. The smallest absolute Gasteiger partial charge is 0.416 e. The number of nitrogens with zero attached hydrogens (tertiary/aromatic N) is 2. The van der Waals surface area contributed by atoms with Crippen LogP contribution in [-0.4, -0.2) is 31.8 Å². The molecular weight excluding hydrogens is 152 g/mol. The first-order valence-electron chi connectivity index (χ1n) is 2.62. The summed E-state index contributed by atoms with van der Waals surface area (Å²) in [5, 5.41) is 16.6. The van der Waals surface area contributed by atoms with Crippen molar-refractivity contribution in [3.05, 3.63) is 18.2 Å². The summed E-state index contributed by atoms with van der Waals surface area (Å²) in [6.07, 6.45) is 0.584. The lowest BCUT2D eigenvalue weighted by atomic mass is 10.5. The van der Waals surface area contributed by atoms with Crippen molar-refractivity contribution < 1.29 is 19.8 Å². The van der Waals surface area contributed by atoms with Gasteiger partial charge < -0.3 is 10.2 Å². The van der Waals surface area contributed by atoms with Crippen molar-refractivity contribution in [3.63, 3.8) is 0 Å². The minimum Gasteiger partial charge on any atom is -0.476 e. The van der Waals surface area contributed by atoms with Crippen LogP contribution in [0.25, 0.3) is 0 Å². The molecule has 1 aromatic heterocycles. The van der Waals surface area contributed by atoms with Crippen LogP contribution in [0.4, 0.5) is 4.79 Å². The van der Waals surface area contributed by atoms with Crippen LogP contribution in [0.3, 0.4) is 0 Å². The van der Waals surface area contributed by atoms with Crippen molar-refractivity contribution in [1.82, 2.24) is 9.55 Å². The predicted molar refractivity (Wildman–Crippen MR) is 32.6 cm³/mol. The quantitative estimate of drug-likeness (QED) is 0.601. The van der Waals surface area contributed by atoms with E-state index in [0.717, 1.165) is 12.5 Å². The molecule has 0 aliphatic carbocycles. The molecule has 0 saturated carbocycles. The topological polar surface area (TPSA) is 92.4 Å². The maximum Gasteiger partial charge on any atom is 0.416 e. The van der Waals surface area contributed by atoms with Crippen LogP contribution in [0.15, 0.2) is 12.5 Å². The van der Waals surface area contributed by atoms with Gasteiger partial charge in [0.15, 0.2) is 5.69 Å². The van der Waals surface area contributed by atoms with Gasteiger partial charge in [0.1, 0.15) is 6.33 Å². The molecule has 1 aromatic rings. The Kier molecular flexibility index (Phi) is 1.59. The summed E-state index contributed by atoms with van der Waals surface area (Å²) in [5.74, 6) is -1.25. The normalized spacial score (nSPS) is 9.45. The highest BCUT2D eigenvalue weighted by atomic mass is 16.4. The van der Waals surface area contributed by atoms with Gasteiger partial charge in [-0.3, -0.25) is 0 Å². The summed E-state index contributed by atoms with van der Waals surface area (Å²) >= 11 is 0. The number of carboxylic acid groups (broad SMARTS) is 2. The molecule has 6 nitrogen and oxygen atoms in total. The number of aromatic nitrogens is 2. The zero-order valence-corrected chi connectivity index (χ0v) is 5.26. The van der Waals surface area contributed by atoms with Crippen LogP contribution in [0.2, 0.25) is 0 Å². The molecule has 0 amide bonds. The van der Waals surface area contributed by atoms with Gasteiger partial charge in [0.05, 0.1) is 0 Å². The number of hydrogen-bond donors (Lipinski definition) is 2. The molecule has 0 fully saturated rings. The van der Waals surface area contributed by atoms with Gasteiger partial charge in [0.25, 0.3) is 0 Å². The summed E-state index contributed by atoms with van der Waals surface area (Å²) in [7, 11) is 0. The first kappa shape index (κ1) is 7.26. The summed E-state index contributed by atoms with van der Waals surface area (Å²) in [6, 6.07) is 0. The average molecular weight is 156 g/mol. The van der Waals surface area contributed by atoms with E-state index in [4.69, 9.17) is 10.2 Å². The largest absolute Gasteiger partial charge is 0.476 e. The Morgan fingerprint density at radius 1 is 1.45 bits per heavy atom. The molecule has 0 radical (unpaired) electrons. The highest BCUT2D eigenvalue weighted by molar-refractivity contribution is 5.85. The number of imidazole rings is 1. The van der Waals surface area contributed by atoms with E-state index in [0.29, 0.717) is 4.57 Å². The third-order valence-corrected chi connectivity index (χ3v) is 1.02. The number of rotatable bonds is 1. The minimum absolute atomic E-state index is 0.285. The number of carboxylic acids is 1. The molecule has 0 atom stereocenters. The summed E-state index contributed by atoms with van der Waals surface area (Å²) in [6.45, 7) is 0. The molecule has 2 N–H and O–H groups in total. The molecule has 0 saturated heterocycles. The monoisotopic (exact) mass is 156 g/mol. The first-order chi connectivity index (χ1) is 5.11. The van der Waals surface area contributed by atoms with Crippen LogP contribution in [0.5, 0.6) is 0 Å². The molecule has 0 aromatic carbocycles. The van der Waals surface area contributed by atoms with Crippen LogP contribution in [-0.2, 0) is 0 Å². The number of aromatic carboxylic acids is 1. The second-order valence-corrected chi connectivity index (χ2v) is 1.75. The van der Waals surface area contributed by atoms with E-state index in [1.54, 1.807) is 0 Å². The molecule has 0 aliphatic rings. The van der Waals surface area contributed by atoms with Gasteiger partial charge in [0.2, 0.25) is 0 Å². The molecule has 0 unspecified atom stereocenters.